The van der Waals surface area contributed by atoms with Gasteiger partial charge in [-0.05, 0) is 56.3 Å². The molecule has 4 nitrogen and oxygen atoms in total. The molecule has 0 saturated heterocycles. The molecule has 0 aliphatic carbocycles. The van der Waals surface area contributed by atoms with Gasteiger partial charge in [0.05, 0.1) is 5.54 Å². The number of hydrogen-bond donors (Lipinski definition) is 1. The van der Waals surface area contributed by atoms with Crippen LogP contribution in [0.1, 0.15) is 25.0 Å². The first kappa shape index (κ1) is 18.5. The monoisotopic (exact) mass is 390 g/mol. The molecule has 2 aromatic carbocycles. The van der Waals surface area contributed by atoms with E-state index in [9.17, 15) is 4.79 Å². The molecule has 0 aliphatic heterocycles. The lowest BCUT2D eigenvalue weighted by Gasteiger charge is -2.32. The summed E-state index contributed by atoms with van der Waals surface area (Å²) in [5, 5.41) is 0. The molecule has 0 radical (unpaired) electrons. The fourth-order valence-corrected chi connectivity index (χ4v) is 2.59. The Kier molecular flexibility index (Phi) is 6.02. The predicted molar refractivity (Wildman–Crippen MR) is 99.7 cm³/mol. The molecule has 0 spiro atoms. The van der Waals surface area contributed by atoms with Gasteiger partial charge < -0.3 is 10.5 Å². The van der Waals surface area contributed by atoms with Crippen LogP contribution in [0.15, 0.2) is 53.0 Å². The quantitative estimate of drug-likeness (QED) is 0.783. The van der Waals surface area contributed by atoms with Crippen molar-refractivity contribution in [2.45, 2.75) is 32.5 Å². The topological polar surface area (TPSA) is 55.6 Å². The number of amides is 1. The van der Waals surface area contributed by atoms with Gasteiger partial charge in [0.1, 0.15) is 12.4 Å². The summed E-state index contributed by atoms with van der Waals surface area (Å²) < 4.78 is 6.84. The van der Waals surface area contributed by atoms with Crippen molar-refractivity contribution >= 4 is 21.8 Å². The molecule has 0 bridgehead atoms. The Morgan fingerprint density at radius 3 is 2.42 bits per heavy atom. The van der Waals surface area contributed by atoms with E-state index in [4.69, 9.17) is 10.5 Å². The number of likely N-dealkylation sites (N-methyl/N-ethyl adjacent to an activating group) is 1. The second-order valence-corrected chi connectivity index (χ2v) is 7.26. The van der Waals surface area contributed by atoms with E-state index in [1.54, 1.807) is 0 Å². The number of primary amides is 1. The molecular weight excluding hydrogens is 368 g/mol. The molecule has 0 aliphatic rings. The normalized spacial score (nSPS) is 11.5. The minimum Gasteiger partial charge on any atom is -0.489 e. The molecule has 2 aromatic rings. The Bertz CT molecular complexity index is 699. The van der Waals surface area contributed by atoms with Crippen LogP contribution in [0.5, 0.6) is 5.75 Å². The molecule has 1 amide bonds. The van der Waals surface area contributed by atoms with Crippen molar-refractivity contribution < 1.29 is 9.53 Å². The zero-order valence-electron chi connectivity index (χ0n) is 14.3. The van der Waals surface area contributed by atoms with Crippen LogP contribution >= 0.6 is 15.9 Å². The lowest BCUT2D eigenvalue weighted by atomic mass is 10.0. The Morgan fingerprint density at radius 1 is 1.17 bits per heavy atom. The number of benzene rings is 2. The lowest BCUT2D eigenvalue weighted by molar-refractivity contribution is -0.127. The third-order valence-corrected chi connectivity index (χ3v) is 4.69. The summed E-state index contributed by atoms with van der Waals surface area (Å²) in [6.07, 6.45) is 0. The molecule has 24 heavy (non-hydrogen) atoms. The number of halogens is 1. The minimum atomic E-state index is -0.685. The van der Waals surface area contributed by atoms with Crippen molar-refractivity contribution in [3.63, 3.8) is 0 Å². The fourth-order valence-electron chi connectivity index (χ4n) is 2.14. The van der Waals surface area contributed by atoms with Crippen LogP contribution in [0.25, 0.3) is 0 Å². The number of ether oxygens (including phenoxy) is 1. The summed E-state index contributed by atoms with van der Waals surface area (Å²) in [5.41, 5.74) is 6.97. The first-order valence-electron chi connectivity index (χ1n) is 7.76. The maximum atomic E-state index is 11.5. The van der Waals surface area contributed by atoms with E-state index in [0.717, 1.165) is 21.3 Å². The minimum absolute atomic E-state index is 0.334. The molecule has 0 saturated carbocycles. The first-order chi connectivity index (χ1) is 11.3. The largest absolute Gasteiger partial charge is 0.489 e. The highest BCUT2D eigenvalue weighted by Crippen LogP contribution is 2.19. The average Bonchev–Trinajstić information content (AvgIpc) is 2.54. The van der Waals surface area contributed by atoms with Crippen molar-refractivity contribution in [1.82, 2.24) is 4.90 Å². The van der Waals surface area contributed by atoms with E-state index < -0.39 is 5.54 Å². The molecule has 0 aromatic heterocycles. The van der Waals surface area contributed by atoms with Crippen LogP contribution in [-0.2, 0) is 17.9 Å². The SMILES string of the molecule is CN(Cc1ccc(OCc2cccc(Br)c2)cc1)C(C)(C)C(N)=O. The van der Waals surface area contributed by atoms with Gasteiger partial charge >= 0.3 is 0 Å². The van der Waals surface area contributed by atoms with Crippen molar-refractivity contribution in [3.05, 3.63) is 64.1 Å². The van der Waals surface area contributed by atoms with E-state index in [2.05, 4.69) is 15.9 Å². The molecular formula is C19H23BrN2O2. The van der Waals surface area contributed by atoms with Crippen LogP contribution in [0.2, 0.25) is 0 Å². The number of hydrogen-bond acceptors (Lipinski definition) is 3. The highest BCUT2D eigenvalue weighted by molar-refractivity contribution is 9.10. The molecule has 5 heteroatoms. The van der Waals surface area contributed by atoms with E-state index >= 15 is 0 Å². The van der Waals surface area contributed by atoms with E-state index in [0.29, 0.717) is 13.2 Å². The predicted octanol–water partition coefficient (Wildman–Crippen LogP) is 3.72. The molecule has 2 N–H and O–H groups in total. The van der Waals surface area contributed by atoms with Gasteiger partial charge in [0.25, 0.3) is 0 Å². The zero-order valence-corrected chi connectivity index (χ0v) is 15.8. The van der Waals surface area contributed by atoms with E-state index in [1.165, 1.54) is 0 Å². The van der Waals surface area contributed by atoms with Gasteiger partial charge in [0.15, 0.2) is 0 Å². The maximum absolute atomic E-state index is 11.5. The fraction of sp³-hybridized carbons (Fsp3) is 0.316. The van der Waals surface area contributed by atoms with Crippen molar-refractivity contribution in [3.8, 4) is 5.75 Å². The molecule has 0 fully saturated rings. The summed E-state index contributed by atoms with van der Waals surface area (Å²) in [6.45, 7) is 4.81. The maximum Gasteiger partial charge on any atom is 0.237 e. The highest BCUT2D eigenvalue weighted by atomic mass is 79.9. The van der Waals surface area contributed by atoms with Gasteiger partial charge in [-0.2, -0.15) is 0 Å². The van der Waals surface area contributed by atoms with E-state index in [1.807, 2.05) is 74.3 Å². The summed E-state index contributed by atoms with van der Waals surface area (Å²) in [7, 11) is 1.89. The molecule has 0 heterocycles. The smallest absolute Gasteiger partial charge is 0.237 e. The second kappa shape index (κ2) is 7.81. The molecule has 2 rings (SSSR count). The van der Waals surface area contributed by atoms with Crippen molar-refractivity contribution in [2.24, 2.45) is 5.73 Å². The van der Waals surface area contributed by atoms with E-state index in [-0.39, 0.29) is 5.91 Å². The van der Waals surface area contributed by atoms with Gasteiger partial charge in [-0.1, -0.05) is 40.2 Å². The van der Waals surface area contributed by atoms with Crippen LogP contribution in [0, 0.1) is 0 Å². The average molecular weight is 391 g/mol. The van der Waals surface area contributed by atoms with Crippen molar-refractivity contribution in [2.75, 3.05) is 7.05 Å². The zero-order chi connectivity index (χ0) is 17.7. The Balaban J connectivity index is 1.94. The standard InChI is InChI=1S/C19H23BrN2O2/c1-19(2,18(21)23)22(3)12-14-7-9-17(10-8-14)24-13-15-5-4-6-16(20)11-15/h4-11H,12-13H2,1-3H3,(H2,21,23). The number of nitrogens with zero attached hydrogens (tertiary/aromatic N) is 1. The molecule has 0 unspecified atom stereocenters. The van der Waals surface area contributed by atoms with Crippen LogP contribution in [0.4, 0.5) is 0 Å². The molecule has 0 atom stereocenters. The number of nitrogens with two attached hydrogens (primary N) is 1. The lowest BCUT2D eigenvalue weighted by Crippen LogP contribution is -2.51. The second-order valence-electron chi connectivity index (χ2n) is 6.34. The van der Waals surface area contributed by atoms with Gasteiger partial charge in [0, 0.05) is 11.0 Å². The van der Waals surface area contributed by atoms with Gasteiger partial charge in [-0.15, -0.1) is 0 Å². The summed E-state index contributed by atoms with van der Waals surface area (Å²) in [5.74, 6) is 0.481. The number of carbonyl (C=O) groups is 1. The Morgan fingerprint density at radius 2 is 1.83 bits per heavy atom. The highest BCUT2D eigenvalue weighted by Gasteiger charge is 2.29. The summed E-state index contributed by atoms with van der Waals surface area (Å²) >= 11 is 3.45. The van der Waals surface area contributed by atoms with Crippen LogP contribution in [0.3, 0.4) is 0 Å². The number of rotatable bonds is 7. The van der Waals surface area contributed by atoms with Crippen molar-refractivity contribution in [1.29, 1.82) is 0 Å². The summed E-state index contributed by atoms with van der Waals surface area (Å²) in [4.78, 5) is 13.4. The third-order valence-electron chi connectivity index (χ3n) is 4.19. The third kappa shape index (κ3) is 4.82. The molecule has 128 valence electrons. The summed E-state index contributed by atoms with van der Waals surface area (Å²) in [6, 6.07) is 15.9. The van der Waals surface area contributed by atoms with Crippen LogP contribution in [-0.4, -0.2) is 23.4 Å². The Labute approximate surface area is 151 Å². The Hall–Kier alpha value is -1.85. The van der Waals surface area contributed by atoms with Gasteiger partial charge in [0.2, 0.25) is 5.91 Å². The van der Waals surface area contributed by atoms with Gasteiger partial charge in [-0.3, -0.25) is 9.69 Å². The number of carbonyl (C=O) groups excluding carboxylic acids is 1. The first-order valence-corrected chi connectivity index (χ1v) is 8.55. The van der Waals surface area contributed by atoms with Gasteiger partial charge in [-0.25, -0.2) is 0 Å². The van der Waals surface area contributed by atoms with Crippen LogP contribution < -0.4 is 10.5 Å².